The highest BCUT2D eigenvalue weighted by Gasteiger charge is 2.21. The zero-order chi connectivity index (χ0) is 12.4. The van der Waals surface area contributed by atoms with Crippen molar-refractivity contribution in [2.75, 3.05) is 6.54 Å². The van der Waals surface area contributed by atoms with E-state index in [1.807, 2.05) is 49.9 Å². The molecule has 0 bridgehead atoms. The van der Waals surface area contributed by atoms with E-state index in [1.165, 1.54) is 0 Å². The maximum absolute atomic E-state index is 12.3. The molecule has 2 rings (SSSR count). The Bertz CT molecular complexity index is 530. The second kappa shape index (κ2) is 4.57. The number of carbonyl (C=O) groups excluding carboxylic acids is 1. The zero-order valence-corrected chi connectivity index (χ0v) is 10.4. The molecule has 17 heavy (non-hydrogen) atoms. The molecule has 0 fully saturated rings. The van der Waals surface area contributed by atoms with Gasteiger partial charge in [-0.15, -0.1) is 0 Å². The van der Waals surface area contributed by atoms with Crippen LogP contribution in [-0.2, 0) is 0 Å². The van der Waals surface area contributed by atoms with Crippen molar-refractivity contribution >= 4 is 16.8 Å². The predicted molar refractivity (Wildman–Crippen MR) is 67.9 cm³/mol. The fourth-order valence-electron chi connectivity index (χ4n) is 2.01. The van der Waals surface area contributed by atoms with Gasteiger partial charge in [-0.2, -0.15) is 5.10 Å². The number of carbonyl (C=O) groups is 1. The molecule has 2 aromatic rings. The molecule has 90 valence electrons. The summed E-state index contributed by atoms with van der Waals surface area (Å²) in [5, 5.41) is 7.91. The van der Waals surface area contributed by atoms with Crippen molar-refractivity contribution in [1.29, 1.82) is 0 Å². The van der Waals surface area contributed by atoms with Gasteiger partial charge in [-0.05, 0) is 26.8 Å². The number of amides is 1. The van der Waals surface area contributed by atoms with Gasteiger partial charge in [0.2, 0.25) is 0 Å². The normalized spacial score (nSPS) is 11.1. The summed E-state index contributed by atoms with van der Waals surface area (Å²) in [6, 6.07) is 7.86. The summed E-state index contributed by atoms with van der Waals surface area (Å²) in [7, 11) is 0. The van der Waals surface area contributed by atoms with Crippen LogP contribution in [0.4, 0.5) is 0 Å². The molecule has 1 aromatic heterocycles. The van der Waals surface area contributed by atoms with Crippen molar-refractivity contribution in [2.45, 2.75) is 26.8 Å². The summed E-state index contributed by atoms with van der Waals surface area (Å²) in [6.07, 6.45) is 0. The van der Waals surface area contributed by atoms with Crippen LogP contribution in [0, 0.1) is 0 Å². The number of nitrogens with zero attached hydrogens (tertiary/aromatic N) is 2. The molecule has 0 atom stereocenters. The molecule has 0 aliphatic rings. The molecule has 1 heterocycles. The highest BCUT2D eigenvalue weighted by Crippen LogP contribution is 2.17. The first-order valence-corrected chi connectivity index (χ1v) is 5.89. The first kappa shape index (κ1) is 11.6. The average Bonchev–Trinajstić information content (AvgIpc) is 2.72. The lowest BCUT2D eigenvalue weighted by atomic mass is 10.2. The molecule has 1 N–H and O–H groups in total. The molecule has 0 unspecified atom stereocenters. The van der Waals surface area contributed by atoms with Gasteiger partial charge in [0.1, 0.15) is 0 Å². The minimum absolute atomic E-state index is 0.0139. The number of fused-ring (bicyclic) bond motifs is 1. The second-order valence-corrected chi connectivity index (χ2v) is 4.30. The van der Waals surface area contributed by atoms with Crippen LogP contribution in [0.3, 0.4) is 0 Å². The lowest BCUT2D eigenvalue weighted by Gasteiger charge is -2.24. The van der Waals surface area contributed by atoms with Crippen LogP contribution >= 0.6 is 0 Å². The van der Waals surface area contributed by atoms with E-state index < -0.39 is 0 Å². The number of rotatable bonds is 3. The number of hydrogen-bond donors (Lipinski definition) is 1. The molecule has 0 aliphatic carbocycles. The predicted octanol–water partition coefficient (Wildman–Crippen LogP) is 2.43. The van der Waals surface area contributed by atoms with Crippen molar-refractivity contribution < 1.29 is 4.79 Å². The van der Waals surface area contributed by atoms with Crippen LogP contribution in [0.15, 0.2) is 24.3 Å². The maximum atomic E-state index is 12.3. The number of nitrogens with one attached hydrogen (secondary N) is 1. The van der Waals surface area contributed by atoms with Gasteiger partial charge in [-0.1, -0.05) is 18.2 Å². The van der Waals surface area contributed by atoms with Gasteiger partial charge in [0.05, 0.1) is 5.52 Å². The van der Waals surface area contributed by atoms with Crippen molar-refractivity contribution in [3.05, 3.63) is 30.0 Å². The van der Waals surface area contributed by atoms with Crippen LogP contribution in [0.1, 0.15) is 31.3 Å². The monoisotopic (exact) mass is 231 g/mol. The van der Waals surface area contributed by atoms with Crippen molar-refractivity contribution in [2.24, 2.45) is 0 Å². The summed E-state index contributed by atoms with van der Waals surface area (Å²) in [5.74, 6) is -0.0139. The van der Waals surface area contributed by atoms with Gasteiger partial charge < -0.3 is 4.90 Å². The van der Waals surface area contributed by atoms with E-state index in [2.05, 4.69) is 10.2 Å². The second-order valence-electron chi connectivity index (χ2n) is 4.30. The largest absolute Gasteiger partial charge is 0.335 e. The van der Waals surface area contributed by atoms with E-state index in [0.29, 0.717) is 12.2 Å². The number of aromatic nitrogens is 2. The smallest absolute Gasteiger partial charge is 0.275 e. The van der Waals surface area contributed by atoms with Gasteiger partial charge in [0.15, 0.2) is 5.69 Å². The Morgan fingerprint density at radius 1 is 1.41 bits per heavy atom. The zero-order valence-electron chi connectivity index (χ0n) is 10.4. The van der Waals surface area contributed by atoms with Crippen molar-refractivity contribution in [3.63, 3.8) is 0 Å². The minimum atomic E-state index is -0.0139. The third-order valence-electron chi connectivity index (χ3n) is 2.90. The Morgan fingerprint density at radius 2 is 2.12 bits per heavy atom. The molecule has 0 spiro atoms. The molecule has 0 aliphatic heterocycles. The van der Waals surface area contributed by atoms with Crippen molar-refractivity contribution in [1.82, 2.24) is 15.1 Å². The van der Waals surface area contributed by atoms with Crippen LogP contribution in [0.2, 0.25) is 0 Å². The Kier molecular flexibility index (Phi) is 3.13. The standard InChI is InChI=1S/C13H17N3O/c1-4-16(9(2)3)13(17)12-10-7-5-6-8-11(10)14-15-12/h5-9H,4H2,1-3H3,(H,14,15). The molecule has 4 heteroatoms. The molecule has 0 saturated carbocycles. The highest BCUT2D eigenvalue weighted by molar-refractivity contribution is 6.04. The molecule has 0 saturated heterocycles. The summed E-state index contributed by atoms with van der Waals surface area (Å²) in [6.45, 7) is 6.69. The van der Waals surface area contributed by atoms with Gasteiger partial charge in [-0.3, -0.25) is 9.89 Å². The topological polar surface area (TPSA) is 49.0 Å². The Balaban J connectivity index is 2.43. The third-order valence-corrected chi connectivity index (χ3v) is 2.90. The molecule has 1 amide bonds. The molecule has 0 radical (unpaired) electrons. The molecule has 1 aromatic carbocycles. The SMILES string of the molecule is CCN(C(=O)c1n[nH]c2ccccc12)C(C)C. The number of hydrogen-bond acceptors (Lipinski definition) is 2. The van der Waals surface area contributed by atoms with Crippen LogP contribution in [0.5, 0.6) is 0 Å². The summed E-state index contributed by atoms with van der Waals surface area (Å²) in [5.41, 5.74) is 1.41. The van der Waals surface area contributed by atoms with E-state index in [1.54, 1.807) is 0 Å². The van der Waals surface area contributed by atoms with Gasteiger partial charge in [0, 0.05) is 18.0 Å². The van der Waals surface area contributed by atoms with E-state index >= 15 is 0 Å². The lowest BCUT2D eigenvalue weighted by Crippen LogP contribution is -2.37. The molecular weight excluding hydrogens is 214 g/mol. The molecule has 4 nitrogen and oxygen atoms in total. The van der Waals surface area contributed by atoms with E-state index in [0.717, 1.165) is 10.9 Å². The number of benzene rings is 1. The van der Waals surface area contributed by atoms with E-state index in [-0.39, 0.29) is 11.9 Å². The Labute approximate surface area is 101 Å². The number of aromatic amines is 1. The number of H-pyrrole nitrogens is 1. The van der Waals surface area contributed by atoms with E-state index in [4.69, 9.17) is 0 Å². The summed E-state index contributed by atoms with van der Waals surface area (Å²) >= 11 is 0. The van der Waals surface area contributed by atoms with Gasteiger partial charge >= 0.3 is 0 Å². The maximum Gasteiger partial charge on any atom is 0.275 e. The summed E-state index contributed by atoms with van der Waals surface area (Å²) in [4.78, 5) is 14.1. The Hall–Kier alpha value is -1.84. The van der Waals surface area contributed by atoms with Crippen molar-refractivity contribution in [3.8, 4) is 0 Å². The fourth-order valence-corrected chi connectivity index (χ4v) is 2.01. The fraction of sp³-hybridized carbons (Fsp3) is 0.385. The van der Waals surface area contributed by atoms with Crippen LogP contribution < -0.4 is 0 Å². The number of para-hydroxylation sites is 1. The van der Waals surface area contributed by atoms with Crippen LogP contribution in [0.25, 0.3) is 10.9 Å². The lowest BCUT2D eigenvalue weighted by molar-refractivity contribution is 0.0713. The summed E-state index contributed by atoms with van der Waals surface area (Å²) < 4.78 is 0. The quantitative estimate of drug-likeness (QED) is 0.882. The van der Waals surface area contributed by atoms with Gasteiger partial charge in [-0.25, -0.2) is 0 Å². The molecular formula is C13H17N3O. The third kappa shape index (κ3) is 2.02. The Morgan fingerprint density at radius 3 is 2.76 bits per heavy atom. The highest BCUT2D eigenvalue weighted by atomic mass is 16.2. The van der Waals surface area contributed by atoms with Crippen LogP contribution in [-0.4, -0.2) is 33.6 Å². The first-order valence-electron chi connectivity index (χ1n) is 5.89. The van der Waals surface area contributed by atoms with E-state index in [9.17, 15) is 4.79 Å². The van der Waals surface area contributed by atoms with Gasteiger partial charge in [0.25, 0.3) is 5.91 Å². The first-order chi connectivity index (χ1) is 8.15. The minimum Gasteiger partial charge on any atom is -0.335 e. The average molecular weight is 231 g/mol.